The van der Waals surface area contributed by atoms with Gasteiger partial charge in [0.15, 0.2) is 0 Å². The van der Waals surface area contributed by atoms with E-state index in [1.165, 1.54) is 11.3 Å². The number of thiophene rings is 1. The lowest BCUT2D eigenvalue weighted by molar-refractivity contribution is 0.0702. The molecular formula is C14H13Cl2NO2S. The Labute approximate surface area is 131 Å². The summed E-state index contributed by atoms with van der Waals surface area (Å²) in [6, 6.07) is 8.93. The summed E-state index contributed by atoms with van der Waals surface area (Å²) >= 11 is 13.2. The summed E-state index contributed by atoms with van der Waals surface area (Å²) in [7, 11) is 0. The predicted molar refractivity (Wildman–Crippen MR) is 83.2 cm³/mol. The van der Waals surface area contributed by atoms with Crippen molar-refractivity contribution in [1.82, 2.24) is 5.32 Å². The van der Waals surface area contributed by atoms with Crippen LogP contribution in [0.25, 0.3) is 0 Å². The van der Waals surface area contributed by atoms with E-state index in [-0.39, 0.29) is 0 Å². The average Bonchev–Trinajstić information content (AvgIpc) is 2.85. The minimum atomic E-state index is -0.880. The topological polar surface area (TPSA) is 49.3 Å². The molecule has 2 rings (SSSR count). The fraction of sp³-hybridized carbons (Fsp3) is 0.214. The summed E-state index contributed by atoms with van der Waals surface area (Å²) in [5.74, 6) is -0.880. The third kappa shape index (κ3) is 4.21. The molecule has 0 bridgehead atoms. The van der Waals surface area contributed by atoms with E-state index < -0.39 is 5.97 Å². The van der Waals surface area contributed by atoms with Crippen molar-refractivity contribution in [1.29, 1.82) is 0 Å². The van der Waals surface area contributed by atoms with Crippen LogP contribution in [0.1, 0.15) is 20.1 Å². The van der Waals surface area contributed by atoms with Crippen molar-refractivity contribution in [3.63, 3.8) is 0 Å². The number of halogens is 2. The van der Waals surface area contributed by atoms with Crippen LogP contribution in [0.4, 0.5) is 0 Å². The summed E-state index contributed by atoms with van der Waals surface area (Å²) in [5.41, 5.74) is 1.04. The molecule has 2 aromatic rings. The van der Waals surface area contributed by atoms with Crippen molar-refractivity contribution in [2.45, 2.75) is 13.0 Å². The van der Waals surface area contributed by atoms with Crippen molar-refractivity contribution in [2.75, 3.05) is 6.54 Å². The van der Waals surface area contributed by atoms with Crippen LogP contribution >= 0.6 is 34.5 Å². The van der Waals surface area contributed by atoms with Gasteiger partial charge in [0, 0.05) is 21.5 Å². The number of carboxylic acid groups (broad SMARTS) is 1. The van der Waals surface area contributed by atoms with Gasteiger partial charge in [-0.1, -0.05) is 29.3 Å². The summed E-state index contributed by atoms with van der Waals surface area (Å²) in [5, 5.41) is 13.4. The Morgan fingerprint density at radius 1 is 1.25 bits per heavy atom. The van der Waals surface area contributed by atoms with Gasteiger partial charge >= 0.3 is 5.97 Å². The number of carbonyl (C=O) groups is 1. The van der Waals surface area contributed by atoms with E-state index in [0.29, 0.717) is 21.5 Å². The lowest BCUT2D eigenvalue weighted by atomic mass is 10.1. The van der Waals surface area contributed by atoms with Gasteiger partial charge < -0.3 is 10.4 Å². The molecule has 0 aliphatic heterocycles. The molecule has 1 heterocycles. The Hall–Kier alpha value is -1.07. The highest BCUT2D eigenvalue weighted by Crippen LogP contribution is 2.21. The lowest BCUT2D eigenvalue weighted by Gasteiger charge is -2.06. The van der Waals surface area contributed by atoms with Crippen molar-refractivity contribution in [3.8, 4) is 0 Å². The van der Waals surface area contributed by atoms with Gasteiger partial charge in [-0.2, -0.15) is 0 Å². The standard InChI is InChI=1S/C14H13Cl2NO2S/c15-10-2-1-9(12(16)7-10)5-6-17-8-11-3-4-13(20-11)14(18)19/h1-4,7,17H,5-6,8H2,(H,18,19). The molecule has 0 aliphatic carbocycles. The van der Waals surface area contributed by atoms with Gasteiger partial charge in [0.25, 0.3) is 0 Å². The number of carboxylic acids is 1. The van der Waals surface area contributed by atoms with Crippen molar-refractivity contribution >= 4 is 40.5 Å². The molecule has 6 heteroatoms. The smallest absolute Gasteiger partial charge is 0.345 e. The summed E-state index contributed by atoms with van der Waals surface area (Å²) in [4.78, 5) is 12.1. The Kier molecular flexibility index (Phi) is 5.43. The predicted octanol–water partition coefficient (Wildman–Crippen LogP) is 4.09. The SMILES string of the molecule is O=C(O)c1ccc(CNCCc2ccc(Cl)cc2Cl)s1. The Bertz CT molecular complexity index is 613. The molecule has 0 amide bonds. The molecular weight excluding hydrogens is 317 g/mol. The van der Waals surface area contributed by atoms with Gasteiger partial charge in [-0.25, -0.2) is 4.79 Å². The van der Waals surface area contributed by atoms with Crippen molar-refractivity contribution in [2.24, 2.45) is 0 Å². The highest BCUT2D eigenvalue weighted by Gasteiger charge is 2.06. The number of benzene rings is 1. The van der Waals surface area contributed by atoms with E-state index in [2.05, 4.69) is 5.32 Å². The van der Waals surface area contributed by atoms with Gasteiger partial charge in [-0.3, -0.25) is 0 Å². The van der Waals surface area contributed by atoms with E-state index in [1.54, 1.807) is 12.1 Å². The van der Waals surface area contributed by atoms with Gasteiger partial charge in [0.1, 0.15) is 4.88 Å². The third-order valence-corrected chi connectivity index (χ3v) is 4.42. The van der Waals surface area contributed by atoms with E-state index in [1.807, 2.05) is 18.2 Å². The van der Waals surface area contributed by atoms with Crippen molar-refractivity contribution < 1.29 is 9.90 Å². The molecule has 20 heavy (non-hydrogen) atoms. The highest BCUT2D eigenvalue weighted by molar-refractivity contribution is 7.13. The molecule has 2 N–H and O–H groups in total. The number of rotatable bonds is 6. The molecule has 1 aromatic heterocycles. The molecule has 3 nitrogen and oxygen atoms in total. The normalized spacial score (nSPS) is 10.7. The first-order chi connectivity index (χ1) is 9.56. The largest absolute Gasteiger partial charge is 0.477 e. The number of aromatic carboxylic acids is 1. The minimum Gasteiger partial charge on any atom is -0.477 e. The number of hydrogen-bond donors (Lipinski definition) is 2. The summed E-state index contributed by atoms with van der Waals surface area (Å²) in [6.07, 6.45) is 0.799. The van der Waals surface area contributed by atoms with E-state index in [0.717, 1.165) is 23.4 Å². The second kappa shape index (κ2) is 7.09. The molecule has 106 valence electrons. The molecule has 0 atom stereocenters. The zero-order valence-corrected chi connectivity index (χ0v) is 12.9. The zero-order valence-electron chi connectivity index (χ0n) is 10.5. The Morgan fingerprint density at radius 3 is 2.70 bits per heavy atom. The second-order valence-corrected chi connectivity index (χ2v) is 6.25. The van der Waals surface area contributed by atoms with Crippen LogP contribution < -0.4 is 5.32 Å². The Morgan fingerprint density at radius 2 is 2.05 bits per heavy atom. The number of hydrogen-bond acceptors (Lipinski definition) is 3. The molecule has 0 radical (unpaired) electrons. The Balaban J connectivity index is 1.79. The molecule has 0 saturated heterocycles. The molecule has 0 unspecified atom stereocenters. The van der Waals surface area contributed by atoms with Crippen LogP contribution in [0.2, 0.25) is 10.0 Å². The number of nitrogens with one attached hydrogen (secondary N) is 1. The maximum Gasteiger partial charge on any atom is 0.345 e. The van der Waals surface area contributed by atoms with Gasteiger partial charge in [0.05, 0.1) is 0 Å². The average molecular weight is 330 g/mol. The molecule has 0 spiro atoms. The van der Waals surface area contributed by atoms with Crippen LogP contribution in [-0.2, 0) is 13.0 Å². The van der Waals surface area contributed by atoms with Gasteiger partial charge in [-0.05, 0) is 42.8 Å². The van der Waals surface area contributed by atoms with Crippen LogP contribution in [0.3, 0.4) is 0 Å². The van der Waals surface area contributed by atoms with E-state index >= 15 is 0 Å². The highest BCUT2D eigenvalue weighted by atomic mass is 35.5. The maximum atomic E-state index is 10.8. The van der Waals surface area contributed by atoms with Crippen LogP contribution in [-0.4, -0.2) is 17.6 Å². The third-order valence-electron chi connectivity index (χ3n) is 2.76. The van der Waals surface area contributed by atoms with Crippen LogP contribution in [0, 0.1) is 0 Å². The quantitative estimate of drug-likeness (QED) is 0.785. The fourth-order valence-electron chi connectivity index (χ4n) is 1.75. The van der Waals surface area contributed by atoms with Crippen molar-refractivity contribution in [3.05, 3.63) is 55.7 Å². The first kappa shape index (κ1) is 15.3. The first-order valence-electron chi connectivity index (χ1n) is 6.03. The van der Waals surface area contributed by atoms with E-state index in [9.17, 15) is 4.79 Å². The zero-order chi connectivity index (χ0) is 14.5. The van der Waals surface area contributed by atoms with Gasteiger partial charge in [0.2, 0.25) is 0 Å². The lowest BCUT2D eigenvalue weighted by Crippen LogP contribution is -2.16. The molecule has 0 aliphatic rings. The molecule has 0 fully saturated rings. The van der Waals surface area contributed by atoms with Crippen LogP contribution in [0.15, 0.2) is 30.3 Å². The molecule has 0 saturated carbocycles. The maximum absolute atomic E-state index is 10.8. The van der Waals surface area contributed by atoms with E-state index in [4.69, 9.17) is 28.3 Å². The summed E-state index contributed by atoms with van der Waals surface area (Å²) in [6.45, 7) is 1.42. The fourth-order valence-corrected chi connectivity index (χ4v) is 3.07. The first-order valence-corrected chi connectivity index (χ1v) is 7.60. The second-order valence-electron chi connectivity index (χ2n) is 4.23. The van der Waals surface area contributed by atoms with Crippen LogP contribution in [0.5, 0.6) is 0 Å². The summed E-state index contributed by atoms with van der Waals surface area (Å²) < 4.78 is 0. The minimum absolute atomic E-state index is 0.363. The van der Waals surface area contributed by atoms with Gasteiger partial charge in [-0.15, -0.1) is 11.3 Å². The molecule has 1 aromatic carbocycles. The monoisotopic (exact) mass is 329 g/mol.